The molecular formula is C12H26N2O2. The minimum absolute atomic E-state index is 0.107. The number of esters is 1. The number of ether oxygens (including phenoxy) is 1. The smallest absolute Gasteiger partial charge is 0.306 e. The van der Waals surface area contributed by atoms with E-state index < -0.39 is 0 Å². The molecule has 0 aliphatic heterocycles. The van der Waals surface area contributed by atoms with Crippen LogP contribution in [0.4, 0.5) is 0 Å². The summed E-state index contributed by atoms with van der Waals surface area (Å²) in [5.74, 6) is -0.107. The van der Waals surface area contributed by atoms with Crippen molar-refractivity contribution < 1.29 is 9.53 Å². The molecule has 16 heavy (non-hydrogen) atoms. The van der Waals surface area contributed by atoms with E-state index in [4.69, 9.17) is 4.74 Å². The van der Waals surface area contributed by atoms with E-state index in [0.29, 0.717) is 6.42 Å². The van der Waals surface area contributed by atoms with Crippen molar-refractivity contribution in [2.45, 2.75) is 45.6 Å². The van der Waals surface area contributed by atoms with Crippen molar-refractivity contribution in [3.05, 3.63) is 0 Å². The summed E-state index contributed by atoms with van der Waals surface area (Å²) >= 11 is 0. The average molecular weight is 230 g/mol. The molecule has 0 rings (SSSR count). The molecule has 0 spiro atoms. The van der Waals surface area contributed by atoms with Gasteiger partial charge >= 0.3 is 5.97 Å². The van der Waals surface area contributed by atoms with E-state index >= 15 is 0 Å². The third kappa shape index (κ3) is 11.5. The van der Waals surface area contributed by atoms with Crippen molar-refractivity contribution in [1.82, 2.24) is 10.6 Å². The molecule has 0 aliphatic rings. The largest absolute Gasteiger partial charge is 0.460 e. The second-order valence-corrected chi connectivity index (χ2v) is 4.90. The second-order valence-electron chi connectivity index (χ2n) is 4.90. The van der Waals surface area contributed by atoms with Crippen LogP contribution in [0.25, 0.3) is 0 Å². The molecule has 0 amide bonds. The molecule has 0 saturated carbocycles. The topological polar surface area (TPSA) is 50.4 Å². The Morgan fingerprint density at radius 3 is 2.31 bits per heavy atom. The van der Waals surface area contributed by atoms with Crippen LogP contribution in [0.3, 0.4) is 0 Å². The highest BCUT2D eigenvalue weighted by Crippen LogP contribution is 2.08. The van der Waals surface area contributed by atoms with E-state index in [0.717, 1.165) is 32.5 Å². The first-order chi connectivity index (χ1) is 7.45. The summed E-state index contributed by atoms with van der Waals surface area (Å²) < 4.78 is 5.21. The Morgan fingerprint density at radius 1 is 1.12 bits per heavy atom. The van der Waals surface area contributed by atoms with Crippen LogP contribution in [0.1, 0.15) is 40.0 Å². The Morgan fingerprint density at radius 2 is 1.75 bits per heavy atom. The van der Waals surface area contributed by atoms with Crippen molar-refractivity contribution in [2.24, 2.45) is 0 Å². The van der Waals surface area contributed by atoms with E-state index in [1.807, 2.05) is 27.8 Å². The van der Waals surface area contributed by atoms with Gasteiger partial charge in [0.2, 0.25) is 0 Å². The van der Waals surface area contributed by atoms with Gasteiger partial charge < -0.3 is 15.4 Å². The van der Waals surface area contributed by atoms with Gasteiger partial charge in [0.05, 0.1) is 0 Å². The van der Waals surface area contributed by atoms with E-state index in [1.165, 1.54) is 0 Å². The molecule has 0 atom stereocenters. The van der Waals surface area contributed by atoms with Crippen molar-refractivity contribution in [1.29, 1.82) is 0 Å². The maximum atomic E-state index is 11.3. The zero-order valence-corrected chi connectivity index (χ0v) is 11.1. The van der Waals surface area contributed by atoms with E-state index in [-0.39, 0.29) is 11.6 Å². The minimum atomic E-state index is -0.364. The molecule has 0 aromatic rings. The first kappa shape index (κ1) is 15.4. The molecule has 0 aromatic heterocycles. The highest BCUT2D eigenvalue weighted by Gasteiger charge is 2.15. The molecule has 0 unspecified atom stereocenters. The number of hydrogen-bond donors (Lipinski definition) is 2. The third-order valence-corrected chi connectivity index (χ3v) is 1.93. The Bertz CT molecular complexity index is 188. The summed E-state index contributed by atoms with van der Waals surface area (Å²) in [4.78, 5) is 11.3. The molecular weight excluding hydrogens is 204 g/mol. The number of carbonyl (C=O) groups excluding carboxylic acids is 1. The van der Waals surface area contributed by atoms with Gasteiger partial charge in [-0.2, -0.15) is 0 Å². The van der Waals surface area contributed by atoms with Crippen LogP contribution in [0.15, 0.2) is 0 Å². The number of hydrogen-bond acceptors (Lipinski definition) is 4. The first-order valence-corrected chi connectivity index (χ1v) is 6.03. The van der Waals surface area contributed by atoms with Gasteiger partial charge in [-0.3, -0.25) is 4.79 Å². The lowest BCUT2D eigenvalue weighted by Gasteiger charge is -2.19. The summed E-state index contributed by atoms with van der Waals surface area (Å²) in [6.45, 7) is 8.57. The number of rotatable bonds is 8. The molecule has 4 nitrogen and oxygen atoms in total. The number of carbonyl (C=O) groups is 1. The van der Waals surface area contributed by atoms with Crippen molar-refractivity contribution >= 4 is 5.97 Å². The quantitative estimate of drug-likeness (QED) is 0.487. The third-order valence-electron chi connectivity index (χ3n) is 1.93. The van der Waals surface area contributed by atoms with Crippen molar-refractivity contribution in [3.8, 4) is 0 Å². The average Bonchev–Trinajstić information content (AvgIpc) is 2.13. The van der Waals surface area contributed by atoms with E-state index in [9.17, 15) is 4.79 Å². The normalized spacial score (nSPS) is 11.5. The lowest BCUT2D eigenvalue weighted by molar-refractivity contribution is -0.154. The summed E-state index contributed by atoms with van der Waals surface area (Å²) in [5, 5.41) is 6.38. The fourth-order valence-corrected chi connectivity index (χ4v) is 1.27. The fourth-order valence-electron chi connectivity index (χ4n) is 1.27. The highest BCUT2D eigenvalue weighted by atomic mass is 16.6. The zero-order valence-electron chi connectivity index (χ0n) is 11.1. The Labute approximate surface area is 99.1 Å². The van der Waals surface area contributed by atoms with Gasteiger partial charge in [0, 0.05) is 6.42 Å². The maximum absolute atomic E-state index is 11.3. The molecule has 0 aromatic carbocycles. The fraction of sp³-hybridized carbons (Fsp3) is 0.917. The molecule has 0 radical (unpaired) electrons. The van der Waals surface area contributed by atoms with Gasteiger partial charge in [-0.05, 0) is 60.3 Å². The van der Waals surface area contributed by atoms with Crippen LogP contribution in [-0.2, 0) is 9.53 Å². The van der Waals surface area contributed by atoms with E-state index in [1.54, 1.807) is 0 Å². The van der Waals surface area contributed by atoms with E-state index in [2.05, 4.69) is 10.6 Å². The number of nitrogens with one attached hydrogen (secondary N) is 2. The standard InChI is InChI=1S/C12H26N2O2/c1-12(2,3)16-11(15)7-5-9-14-10-6-8-13-4/h13-14H,5-10H2,1-4H3. The molecule has 2 N–H and O–H groups in total. The van der Waals surface area contributed by atoms with Crippen molar-refractivity contribution in [2.75, 3.05) is 26.7 Å². The van der Waals surface area contributed by atoms with Gasteiger partial charge in [0.1, 0.15) is 5.60 Å². The first-order valence-electron chi connectivity index (χ1n) is 6.03. The van der Waals surface area contributed by atoms with Crippen LogP contribution in [0.2, 0.25) is 0 Å². The monoisotopic (exact) mass is 230 g/mol. The second kappa shape index (κ2) is 8.53. The van der Waals surface area contributed by atoms with Crippen LogP contribution in [0.5, 0.6) is 0 Å². The lowest BCUT2D eigenvalue weighted by Crippen LogP contribution is -2.25. The van der Waals surface area contributed by atoms with Gasteiger partial charge in [-0.15, -0.1) is 0 Å². The Hall–Kier alpha value is -0.610. The predicted octanol–water partition coefficient (Wildman–Crippen LogP) is 1.31. The predicted molar refractivity (Wildman–Crippen MR) is 66.5 cm³/mol. The Kier molecular flexibility index (Phi) is 8.21. The van der Waals surface area contributed by atoms with Crippen molar-refractivity contribution in [3.63, 3.8) is 0 Å². The van der Waals surface area contributed by atoms with Crippen LogP contribution >= 0.6 is 0 Å². The van der Waals surface area contributed by atoms with Gasteiger partial charge in [-0.25, -0.2) is 0 Å². The molecule has 0 bridgehead atoms. The molecule has 0 fully saturated rings. The SMILES string of the molecule is CNCCCNCCCC(=O)OC(C)(C)C. The Balaban J connectivity index is 3.28. The molecule has 0 heterocycles. The van der Waals surface area contributed by atoms with Gasteiger partial charge in [-0.1, -0.05) is 0 Å². The molecule has 0 aliphatic carbocycles. The summed E-state index contributed by atoms with van der Waals surface area (Å²) in [5.41, 5.74) is -0.364. The summed E-state index contributed by atoms with van der Waals surface area (Å²) in [6.07, 6.45) is 2.45. The van der Waals surface area contributed by atoms with Gasteiger partial charge in [0.15, 0.2) is 0 Å². The molecule has 0 saturated heterocycles. The van der Waals surface area contributed by atoms with Crippen LogP contribution in [0, 0.1) is 0 Å². The van der Waals surface area contributed by atoms with Crippen LogP contribution < -0.4 is 10.6 Å². The molecule has 96 valence electrons. The van der Waals surface area contributed by atoms with Crippen LogP contribution in [-0.4, -0.2) is 38.3 Å². The molecule has 4 heteroatoms. The summed E-state index contributed by atoms with van der Waals surface area (Å²) in [6, 6.07) is 0. The van der Waals surface area contributed by atoms with Gasteiger partial charge in [0.25, 0.3) is 0 Å². The zero-order chi connectivity index (χ0) is 12.4. The highest BCUT2D eigenvalue weighted by molar-refractivity contribution is 5.69. The lowest BCUT2D eigenvalue weighted by atomic mass is 10.2. The summed E-state index contributed by atoms with van der Waals surface area (Å²) in [7, 11) is 1.95. The minimum Gasteiger partial charge on any atom is -0.460 e. The maximum Gasteiger partial charge on any atom is 0.306 e.